The first kappa shape index (κ1) is 12.0. The van der Waals surface area contributed by atoms with Crippen LogP contribution in [0.15, 0.2) is 6.07 Å². The predicted octanol–water partition coefficient (Wildman–Crippen LogP) is -1.55. The molecule has 0 amide bonds. The van der Waals surface area contributed by atoms with Crippen molar-refractivity contribution in [2.24, 2.45) is 5.73 Å². The monoisotopic (exact) mass is 243 g/mol. The predicted molar refractivity (Wildman–Crippen MR) is 58.5 cm³/mol. The highest BCUT2D eigenvalue weighted by Gasteiger charge is 2.03. The van der Waals surface area contributed by atoms with Gasteiger partial charge in [0.15, 0.2) is 0 Å². The highest BCUT2D eigenvalue weighted by molar-refractivity contribution is 7.61. The van der Waals surface area contributed by atoms with Crippen LogP contribution in [0.4, 0.5) is 5.95 Å². The van der Waals surface area contributed by atoms with E-state index in [0.717, 1.165) is 11.4 Å². The van der Waals surface area contributed by atoms with E-state index in [-0.39, 0.29) is 11.9 Å². The van der Waals surface area contributed by atoms with E-state index in [1.54, 1.807) is 6.07 Å². The largest absolute Gasteiger partial charge is 0.477 e. The number of hydrazine groups is 1. The fourth-order valence-corrected chi connectivity index (χ4v) is 1.21. The van der Waals surface area contributed by atoms with E-state index in [2.05, 4.69) is 24.9 Å². The Balaban J connectivity index is 2.80. The maximum absolute atomic E-state index is 10.2. The summed E-state index contributed by atoms with van der Waals surface area (Å²) in [4.78, 5) is 8.07. The lowest BCUT2D eigenvalue weighted by Gasteiger charge is -2.02. The molecule has 0 aliphatic heterocycles. The molecule has 16 heavy (non-hydrogen) atoms. The second-order valence-electron chi connectivity index (χ2n) is 2.92. The van der Waals surface area contributed by atoms with Gasteiger partial charge in [-0.15, -0.1) is 12.5 Å². The lowest BCUT2D eigenvalue weighted by molar-refractivity contribution is 0.622. The van der Waals surface area contributed by atoms with Crippen molar-refractivity contribution < 1.29 is 8.42 Å². The van der Waals surface area contributed by atoms with Crippen LogP contribution in [-0.4, -0.2) is 24.3 Å². The highest BCUT2D eigenvalue weighted by Crippen LogP contribution is 2.01. The highest BCUT2D eigenvalue weighted by atomic mass is 32.2. The fourth-order valence-electron chi connectivity index (χ4n) is 1.00. The summed E-state index contributed by atoms with van der Waals surface area (Å²) in [6.07, 6.45) is 0. The van der Waals surface area contributed by atoms with Gasteiger partial charge in [-0.05, 0) is 19.9 Å². The van der Waals surface area contributed by atoms with Gasteiger partial charge in [0, 0.05) is 11.4 Å². The van der Waals surface area contributed by atoms with Gasteiger partial charge in [0.25, 0.3) is 5.95 Å². The Hall–Kier alpha value is -2.12. The smallest absolute Gasteiger partial charge is 0.274 e. The van der Waals surface area contributed by atoms with Gasteiger partial charge in [-0.2, -0.15) is 5.43 Å². The summed E-state index contributed by atoms with van der Waals surface area (Å²) in [6.45, 7) is 3.62. The van der Waals surface area contributed by atoms with E-state index in [1.165, 1.54) is 0 Å². The Labute approximate surface area is 93.3 Å². The van der Waals surface area contributed by atoms with E-state index < -0.39 is 10.5 Å². The zero-order chi connectivity index (χ0) is 12.1. The topological polar surface area (TPSA) is 124 Å². The normalized spacial score (nSPS) is 9.12. The van der Waals surface area contributed by atoms with Crippen LogP contribution in [0.25, 0.3) is 0 Å². The van der Waals surface area contributed by atoms with Crippen molar-refractivity contribution in [1.29, 1.82) is 0 Å². The summed E-state index contributed by atoms with van der Waals surface area (Å²) in [5, 5.41) is 0. The number of aryl methyl sites for hydroxylation is 2. The minimum atomic E-state index is -2.59. The lowest BCUT2D eigenvalue weighted by Crippen LogP contribution is -2.38. The maximum atomic E-state index is 10.2. The van der Waals surface area contributed by atoms with Crippen molar-refractivity contribution >= 4 is 22.4 Å². The van der Waals surface area contributed by atoms with Crippen LogP contribution < -0.4 is 20.6 Å². The molecule has 0 radical (unpaired) electrons. The molecule has 1 heterocycles. The quantitative estimate of drug-likeness (QED) is 0.249. The number of anilines is 1. The van der Waals surface area contributed by atoms with Crippen LogP contribution in [0, 0.1) is 13.8 Å². The molecule has 1 aromatic heterocycles. The molecule has 1 rings (SSSR count). The van der Waals surface area contributed by atoms with Crippen LogP contribution in [0.2, 0.25) is 0 Å². The van der Waals surface area contributed by atoms with Gasteiger partial charge in [0.05, 0.1) is 0 Å². The molecule has 0 aliphatic carbocycles. The van der Waals surface area contributed by atoms with Crippen molar-refractivity contribution in [1.82, 2.24) is 19.4 Å². The number of hydrogen-bond acceptors (Lipinski definition) is 5. The molecule has 0 spiro atoms. The molecule has 4 N–H and O–H groups in total. The lowest BCUT2D eigenvalue weighted by atomic mass is 10.4. The molecule has 0 aromatic carbocycles. The van der Waals surface area contributed by atoms with Crippen molar-refractivity contribution in [2.45, 2.75) is 13.8 Å². The van der Waals surface area contributed by atoms with Crippen molar-refractivity contribution in [3.63, 3.8) is 0 Å². The summed E-state index contributed by atoms with van der Waals surface area (Å²) in [5.74, 6) is -0.0107. The molecule has 0 saturated carbocycles. The molecular weight excluding hydrogens is 232 g/mol. The maximum Gasteiger partial charge on any atom is 0.477 e. The zero-order valence-corrected chi connectivity index (χ0v) is 9.54. The second kappa shape index (κ2) is 5.10. The van der Waals surface area contributed by atoms with Crippen molar-refractivity contribution in [3.05, 3.63) is 17.5 Å². The molecule has 0 unspecified atom stereocenters. The van der Waals surface area contributed by atoms with Crippen LogP contribution in [0.1, 0.15) is 11.4 Å². The van der Waals surface area contributed by atoms with Crippen LogP contribution >= 0.6 is 0 Å². The molecule has 0 atom stereocenters. The summed E-state index contributed by atoms with van der Waals surface area (Å²) in [7, 11) is -2.59. The fraction of sp³-hybridized carbons (Fsp3) is 0.286. The summed E-state index contributed by atoms with van der Waals surface area (Å²) in [5.41, 5.74) is 11.7. The number of nitrogens with zero attached hydrogens (tertiary/aromatic N) is 3. The van der Waals surface area contributed by atoms with Gasteiger partial charge in [-0.25, -0.2) is 15.4 Å². The SMILES string of the molecule is Cc1cc(C)nc(NNC(N)=[N+]=S(=O)=O)n1. The van der Waals surface area contributed by atoms with E-state index in [1.807, 2.05) is 13.8 Å². The van der Waals surface area contributed by atoms with E-state index in [9.17, 15) is 8.42 Å². The molecule has 9 heteroatoms. The molecule has 0 saturated heterocycles. The number of aromatic nitrogens is 2. The Bertz CT molecular complexity index is 532. The van der Waals surface area contributed by atoms with Gasteiger partial charge in [0.2, 0.25) is 0 Å². The van der Waals surface area contributed by atoms with E-state index in [0.29, 0.717) is 0 Å². The van der Waals surface area contributed by atoms with Gasteiger partial charge in [-0.3, -0.25) is 5.73 Å². The number of hydrogen-bond donors (Lipinski definition) is 3. The van der Waals surface area contributed by atoms with E-state index in [4.69, 9.17) is 5.73 Å². The number of nitrogens with two attached hydrogens (primary N) is 1. The first-order valence-corrected chi connectivity index (χ1v) is 5.28. The third-order valence-electron chi connectivity index (χ3n) is 1.46. The number of guanidine groups is 1. The average molecular weight is 243 g/mol. The van der Waals surface area contributed by atoms with Gasteiger partial charge in [-0.1, -0.05) is 0 Å². The minimum Gasteiger partial charge on any atom is -0.274 e. The van der Waals surface area contributed by atoms with Gasteiger partial charge < -0.3 is 0 Å². The first-order valence-electron chi connectivity index (χ1n) is 4.25. The summed E-state index contributed by atoms with van der Waals surface area (Å²) < 4.78 is 23.3. The third kappa shape index (κ3) is 3.95. The molecular formula is C7H11N6O2S+. The Morgan fingerprint density at radius 3 is 2.44 bits per heavy atom. The van der Waals surface area contributed by atoms with Crippen LogP contribution in [-0.2, 0) is 10.5 Å². The second-order valence-corrected chi connectivity index (χ2v) is 3.53. The summed E-state index contributed by atoms with van der Waals surface area (Å²) >= 11 is 0. The van der Waals surface area contributed by atoms with Gasteiger partial charge >= 0.3 is 16.5 Å². The van der Waals surface area contributed by atoms with E-state index >= 15 is 0 Å². The Morgan fingerprint density at radius 1 is 1.38 bits per heavy atom. The number of nitrogens with one attached hydrogen (secondary N) is 2. The van der Waals surface area contributed by atoms with Crippen molar-refractivity contribution in [3.8, 4) is 0 Å². The third-order valence-corrected chi connectivity index (χ3v) is 1.80. The molecule has 8 nitrogen and oxygen atoms in total. The van der Waals surface area contributed by atoms with Crippen molar-refractivity contribution in [2.75, 3.05) is 5.43 Å². The average Bonchev–Trinajstić information content (AvgIpc) is 2.12. The zero-order valence-electron chi connectivity index (χ0n) is 8.72. The van der Waals surface area contributed by atoms with Gasteiger partial charge in [0.1, 0.15) is 0 Å². The number of rotatable bonds is 2. The Kier molecular flexibility index (Phi) is 3.81. The standard InChI is InChI=1S/C7H10N6O2S/c1-4-3-5(2)10-7(9-4)12-11-6(8)13-16(14)15/h3H,1-2H3,(H3,8,9,10,11,12)/p+1. The molecule has 0 aliphatic rings. The molecule has 86 valence electrons. The van der Waals surface area contributed by atoms with Crippen LogP contribution in [0.5, 0.6) is 0 Å². The summed E-state index contributed by atoms with van der Waals surface area (Å²) in [6, 6.07) is 1.80. The van der Waals surface area contributed by atoms with Crippen LogP contribution in [0.3, 0.4) is 0 Å². The minimum absolute atomic E-state index is 0.285. The molecule has 1 aromatic rings. The molecule has 0 bridgehead atoms. The molecule has 0 fully saturated rings. The Morgan fingerprint density at radius 2 is 1.94 bits per heavy atom. The first-order chi connectivity index (χ1) is 7.47.